The molecule has 0 radical (unpaired) electrons. The molecule has 0 aliphatic carbocycles. The first-order chi connectivity index (χ1) is 8.08. The molecule has 0 saturated heterocycles. The highest BCUT2D eigenvalue weighted by molar-refractivity contribution is 9.10. The zero-order valence-electron chi connectivity index (χ0n) is 10.3. The second-order valence-corrected chi connectivity index (χ2v) is 5.81. The van der Waals surface area contributed by atoms with Crippen LogP contribution in [0.1, 0.15) is 44.7 Å². The standard InChI is InChI=1S/C13H20BrClN2/c1-3-4-9(2)7-13(17-16)11-6-5-10(15)8-12(11)14/h5-6,8-9,13,17H,3-4,7,16H2,1-2H3. The fourth-order valence-electron chi connectivity index (χ4n) is 2.08. The first kappa shape index (κ1) is 15.0. The highest BCUT2D eigenvalue weighted by Gasteiger charge is 2.16. The van der Waals surface area contributed by atoms with Gasteiger partial charge >= 0.3 is 0 Å². The molecule has 0 bridgehead atoms. The number of benzene rings is 1. The van der Waals surface area contributed by atoms with Crippen LogP contribution in [0, 0.1) is 5.92 Å². The molecule has 0 aromatic heterocycles. The molecule has 0 spiro atoms. The summed E-state index contributed by atoms with van der Waals surface area (Å²) in [5.41, 5.74) is 4.06. The van der Waals surface area contributed by atoms with Gasteiger partial charge in [-0.25, -0.2) is 0 Å². The number of halogens is 2. The Morgan fingerprint density at radius 1 is 1.47 bits per heavy atom. The molecule has 0 aliphatic heterocycles. The summed E-state index contributed by atoms with van der Waals surface area (Å²) in [5, 5.41) is 0.734. The zero-order valence-corrected chi connectivity index (χ0v) is 12.7. The molecule has 1 aromatic rings. The fourth-order valence-corrected chi connectivity index (χ4v) is 3.04. The lowest BCUT2D eigenvalue weighted by Crippen LogP contribution is -2.29. The first-order valence-electron chi connectivity index (χ1n) is 5.99. The number of hydrogen-bond donors (Lipinski definition) is 2. The maximum Gasteiger partial charge on any atom is 0.0473 e. The van der Waals surface area contributed by atoms with E-state index in [9.17, 15) is 0 Å². The first-order valence-corrected chi connectivity index (χ1v) is 7.16. The van der Waals surface area contributed by atoms with Gasteiger partial charge in [0.05, 0.1) is 0 Å². The van der Waals surface area contributed by atoms with Gasteiger partial charge in [-0.1, -0.05) is 60.3 Å². The molecule has 0 aliphatic rings. The SMILES string of the molecule is CCCC(C)CC(NN)c1ccc(Cl)cc1Br. The monoisotopic (exact) mass is 318 g/mol. The molecular formula is C13H20BrClN2. The lowest BCUT2D eigenvalue weighted by atomic mass is 9.93. The maximum absolute atomic E-state index is 5.94. The summed E-state index contributed by atoms with van der Waals surface area (Å²) in [7, 11) is 0. The molecule has 0 fully saturated rings. The lowest BCUT2D eigenvalue weighted by molar-refractivity contribution is 0.394. The van der Waals surface area contributed by atoms with Crippen LogP contribution in [0.15, 0.2) is 22.7 Å². The van der Waals surface area contributed by atoms with Crippen molar-refractivity contribution < 1.29 is 0 Å². The van der Waals surface area contributed by atoms with Crippen LogP contribution in [-0.2, 0) is 0 Å². The average Bonchev–Trinajstić information content (AvgIpc) is 2.27. The molecule has 2 unspecified atom stereocenters. The Balaban J connectivity index is 2.79. The zero-order chi connectivity index (χ0) is 12.8. The third-order valence-corrected chi connectivity index (χ3v) is 3.88. The van der Waals surface area contributed by atoms with E-state index in [4.69, 9.17) is 17.4 Å². The number of nitrogens with one attached hydrogen (secondary N) is 1. The van der Waals surface area contributed by atoms with E-state index < -0.39 is 0 Å². The topological polar surface area (TPSA) is 38.0 Å². The predicted octanol–water partition coefficient (Wildman–Crippen LogP) is 4.43. The van der Waals surface area contributed by atoms with Crippen LogP contribution in [0.2, 0.25) is 5.02 Å². The maximum atomic E-state index is 5.94. The summed E-state index contributed by atoms with van der Waals surface area (Å²) in [6.07, 6.45) is 3.47. The van der Waals surface area contributed by atoms with Crippen LogP contribution < -0.4 is 11.3 Å². The molecule has 2 atom stereocenters. The average molecular weight is 320 g/mol. The van der Waals surface area contributed by atoms with Gasteiger partial charge in [0.2, 0.25) is 0 Å². The van der Waals surface area contributed by atoms with Crippen molar-refractivity contribution in [1.29, 1.82) is 0 Å². The minimum absolute atomic E-state index is 0.170. The van der Waals surface area contributed by atoms with Gasteiger partial charge in [-0.15, -0.1) is 0 Å². The van der Waals surface area contributed by atoms with Crippen molar-refractivity contribution in [3.05, 3.63) is 33.3 Å². The van der Waals surface area contributed by atoms with Crippen LogP contribution in [0.5, 0.6) is 0 Å². The highest BCUT2D eigenvalue weighted by atomic mass is 79.9. The molecule has 96 valence electrons. The van der Waals surface area contributed by atoms with Gasteiger partial charge in [0.25, 0.3) is 0 Å². The van der Waals surface area contributed by atoms with Crippen molar-refractivity contribution in [2.75, 3.05) is 0 Å². The van der Waals surface area contributed by atoms with E-state index in [0.29, 0.717) is 5.92 Å². The summed E-state index contributed by atoms with van der Waals surface area (Å²) < 4.78 is 1.01. The van der Waals surface area contributed by atoms with Crippen molar-refractivity contribution in [2.45, 2.75) is 39.2 Å². The number of hydrogen-bond acceptors (Lipinski definition) is 2. The third kappa shape index (κ3) is 4.59. The second kappa shape index (κ2) is 7.37. The van der Waals surface area contributed by atoms with E-state index in [1.54, 1.807) is 0 Å². The van der Waals surface area contributed by atoms with Crippen LogP contribution >= 0.6 is 27.5 Å². The molecule has 3 N–H and O–H groups in total. The molecule has 0 saturated carbocycles. The lowest BCUT2D eigenvalue weighted by Gasteiger charge is -2.21. The molecule has 0 amide bonds. The van der Waals surface area contributed by atoms with Crippen molar-refractivity contribution in [1.82, 2.24) is 5.43 Å². The van der Waals surface area contributed by atoms with Gasteiger partial charge in [-0.05, 0) is 30.0 Å². The minimum Gasteiger partial charge on any atom is -0.271 e. The quantitative estimate of drug-likeness (QED) is 0.601. The van der Waals surface area contributed by atoms with E-state index in [0.717, 1.165) is 15.9 Å². The van der Waals surface area contributed by atoms with Crippen LogP contribution in [0.3, 0.4) is 0 Å². The van der Waals surface area contributed by atoms with Gasteiger partial charge in [0.15, 0.2) is 0 Å². The Hall–Kier alpha value is -0.0900. The van der Waals surface area contributed by atoms with E-state index in [1.807, 2.05) is 18.2 Å². The molecule has 0 heterocycles. The Bertz CT molecular complexity index is 357. The molecule has 1 aromatic carbocycles. The molecule has 17 heavy (non-hydrogen) atoms. The van der Waals surface area contributed by atoms with E-state index >= 15 is 0 Å². The minimum atomic E-state index is 0.170. The molecule has 4 heteroatoms. The molecule has 2 nitrogen and oxygen atoms in total. The van der Waals surface area contributed by atoms with Crippen molar-refractivity contribution >= 4 is 27.5 Å². The molecular weight excluding hydrogens is 300 g/mol. The smallest absolute Gasteiger partial charge is 0.0473 e. The van der Waals surface area contributed by atoms with Gasteiger partial charge in [0.1, 0.15) is 0 Å². The van der Waals surface area contributed by atoms with Crippen molar-refractivity contribution in [3.8, 4) is 0 Å². The Kier molecular flexibility index (Phi) is 6.49. The Morgan fingerprint density at radius 3 is 2.71 bits per heavy atom. The van der Waals surface area contributed by atoms with E-state index in [2.05, 4.69) is 35.2 Å². The third-order valence-electron chi connectivity index (χ3n) is 2.96. The number of rotatable bonds is 6. The molecule has 1 rings (SSSR count). The summed E-state index contributed by atoms with van der Waals surface area (Å²) >= 11 is 9.48. The summed E-state index contributed by atoms with van der Waals surface area (Å²) in [4.78, 5) is 0. The summed E-state index contributed by atoms with van der Waals surface area (Å²) in [6.45, 7) is 4.47. The number of hydrazine groups is 1. The van der Waals surface area contributed by atoms with Crippen LogP contribution in [0.4, 0.5) is 0 Å². The number of nitrogens with two attached hydrogens (primary N) is 1. The van der Waals surface area contributed by atoms with E-state index in [1.165, 1.54) is 18.4 Å². The largest absolute Gasteiger partial charge is 0.271 e. The fraction of sp³-hybridized carbons (Fsp3) is 0.538. The second-order valence-electron chi connectivity index (χ2n) is 4.51. The Labute approximate surface area is 117 Å². The predicted molar refractivity (Wildman–Crippen MR) is 77.9 cm³/mol. The van der Waals surface area contributed by atoms with Gasteiger partial charge in [0, 0.05) is 15.5 Å². The van der Waals surface area contributed by atoms with Gasteiger partial charge in [-0.3, -0.25) is 11.3 Å². The Morgan fingerprint density at radius 2 is 2.18 bits per heavy atom. The van der Waals surface area contributed by atoms with Crippen molar-refractivity contribution in [3.63, 3.8) is 0 Å². The van der Waals surface area contributed by atoms with Crippen LogP contribution in [0.25, 0.3) is 0 Å². The van der Waals surface area contributed by atoms with Crippen molar-refractivity contribution in [2.24, 2.45) is 11.8 Å². The summed E-state index contributed by atoms with van der Waals surface area (Å²) in [6, 6.07) is 6.00. The highest BCUT2D eigenvalue weighted by Crippen LogP contribution is 2.30. The summed E-state index contributed by atoms with van der Waals surface area (Å²) in [5.74, 6) is 6.31. The van der Waals surface area contributed by atoms with Gasteiger partial charge < -0.3 is 0 Å². The van der Waals surface area contributed by atoms with Gasteiger partial charge in [-0.2, -0.15) is 0 Å². The van der Waals surface area contributed by atoms with E-state index in [-0.39, 0.29) is 6.04 Å². The van der Waals surface area contributed by atoms with Crippen LogP contribution in [-0.4, -0.2) is 0 Å². The normalized spacial score (nSPS) is 14.6.